The SMILES string of the molecule is O=C1CCC(=O)N[C@H](CC2CC=CS2)C(=O)N[C@@H](Cc2ccc(Cl)cc2Cl)C(=O)N[C@H](Cc2ccccc2)C(=O)N[C@H](C(=O)O)Cc2ccc(cc2)N1. The van der Waals surface area contributed by atoms with Crippen LogP contribution in [0, 0.1) is 0 Å². The van der Waals surface area contributed by atoms with E-state index in [0.29, 0.717) is 33.8 Å². The summed E-state index contributed by atoms with van der Waals surface area (Å²) in [7, 11) is 0. The summed E-state index contributed by atoms with van der Waals surface area (Å²) >= 11 is 14.1. The summed E-state index contributed by atoms with van der Waals surface area (Å²) < 4.78 is 0. The lowest BCUT2D eigenvalue weighted by molar-refractivity contribution is -0.142. The van der Waals surface area contributed by atoms with Crippen LogP contribution >= 0.6 is 35.0 Å². The number of benzene rings is 3. The molecule has 3 aromatic carbocycles. The number of hydrogen-bond acceptors (Lipinski definition) is 7. The Morgan fingerprint density at radius 2 is 1.42 bits per heavy atom. The number of carboxylic acids is 1. The minimum atomic E-state index is -1.36. The molecule has 3 aliphatic heterocycles. The Bertz CT molecular complexity index is 1850. The van der Waals surface area contributed by atoms with Crippen LogP contribution in [0.5, 0.6) is 0 Å². The molecule has 12 nitrogen and oxygen atoms in total. The molecule has 6 rings (SSSR count). The first-order chi connectivity index (χ1) is 25.4. The molecule has 0 radical (unpaired) electrons. The van der Waals surface area contributed by atoms with E-state index in [-0.39, 0.29) is 48.8 Å². The van der Waals surface area contributed by atoms with Gasteiger partial charge in [-0.3, -0.25) is 24.0 Å². The molecular formula is C38H39Cl2N5O7S. The van der Waals surface area contributed by atoms with Gasteiger partial charge in [0.15, 0.2) is 0 Å². The van der Waals surface area contributed by atoms with Gasteiger partial charge in [-0.2, -0.15) is 0 Å². The van der Waals surface area contributed by atoms with Crippen molar-refractivity contribution in [1.29, 1.82) is 0 Å². The van der Waals surface area contributed by atoms with Crippen LogP contribution in [0.25, 0.3) is 0 Å². The van der Waals surface area contributed by atoms with Crippen molar-refractivity contribution < 1.29 is 33.9 Å². The lowest BCUT2D eigenvalue weighted by Gasteiger charge is -2.27. The zero-order chi connectivity index (χ0) is 37.9. The standard InChI is InChI=1S/C38H39Cl2N5O7S/c39-25-11-10-24(28(40)20-25)19-30-36(49)43-29(17-22-5-2-1-3-6-22)35(48)45-32(38(51)52)18-23-8-12-26(13-9-23)41-33(46)14-15-34(47)42-31(37(50)44-30)21-27-7-4-16-53-27/h1-6,8-13,16,20,27,29-32H,7,14-15,17-19,21H2,(H,41,46)(H,42,47)(H,43,49)(H,44,50)(H,45,48)(H,51,52)/t27?,29-,30+,31-,32+/m1/s1. The zero-order valence-corrected chi connectivity index (χ0v) is 30.8. The smallest absolute Gasteiger partial charge is 0.326 e. The van der Waals surface area contributed by atoms with Crippen molar-refractivity contribution >= 4 is 76.2 Å². The van der Waals surface area contributed by atoms with Crippen molar-refractivity contribution in [2.75, 3.05) is 5.32 Å². The van der Waals surface area contributed by atoms with E-state index in [1.54, 1.807) is 66.7 Å². The van der Waals surface area contributed by atoms with Gasteiger partial charge in [-0.1, -0.05) is 77.8 Å². The number of hydrogen-bond donors (Lipinski definition) is 6. The topological polar surface area (TPSA) is 183 Å². The van der Waals surface area contributed by atoms with Gasteiger partial charge in [0.25, 0.3) is 0 Å². The highest BCUT2D eigenvalue weighted by Crippen LogP contribution is 2.28. The summed E-state index contributed by atoms with van der Waals surface area (Å²) in [6.07, 6.45) is 2.30. The van der Waals surface area contributed by atoms with Gasteiger partial charge >= 0.3 is 5.97 Å². The highest BCUT2D eigenvalue weighted by atomic mass is 35.5. The second-order valence-electron chi connectivity index (χ2n) is 12.8. The Morgan fingerprint density at radius 3 is 2.08 bits per heavy atom. The monoisotopic (exact) mass is 779 g/mol. The average molecular weight is 781 g/mol. The maximum absolute atomic E-state index is 14.2. The van der Waals surface area contributed by atoms with Crippen LogP contribution in [0.1, 0.15) is 42.4 Å². The molecule has 0 spiro atoms. The zero-order valence-electron chi connectivity index (χ0n) is 28.5. The third-order valence-corrected chi connectivity index (χ3v) is 10.5. The Kier molecular flexibility index (Phi) is 13.9. The molecule has 3 aromatic rings. The van der Waals surface area contributed by atoms with Crippen molar-refractivity contribution in [2.45, 2.75) is 74.4 Å². The van der Waals surface area contributed by atoms with Crippen LogP contribution < -0.4 is 26.6 Å². The third kappa shape index (κ3) is 11.8. The number of halogens is 2. The quantitative estimate of drug-likeness (QED) is 0.193. The molecule has 5 amide bonds. The Hall–Kier alpha value is -4.85. The molecule has 6 N–H and O–H groups in total. The Balaban J connectivity index is 1.50. The number of allylic oxidation sites excluding steroid dienone is 1. The van der Waals surface area contributed by atoms with E-state index in [2.05, 4.69) is 26.6 Å². The largest absolute Gasteiger partial charge is 0.480 e. The van der Waals surface area contributed by atoms with Crippen LogP contribution in [0.4, 0.5) is 5.69 Å². The molecule has 0 aliphatic carbocycles. The molecular weight excluding hydrogens is 741 g/mol. The third-order valence-electron chi connectivity index (χ3n) is 8.78. The number of fused-ring (bicyclic) bond motifs is 18. The summed E-state index contributed by atoms with van der Waals surface area (Å²) in [5.74, 6) is -4.41. The summed E-state index contributed by atoms with van der Waals surface area (Å²) in [4.78, 5) is 80.4. The molecule has 15 heteroatoms. The lowest BCUT2D eigenvalue weighted by Crippen LogP contribution is -2.59. The summed E-state index contributed by atoms with van der Waals surface area (Å²) in [6, 6.07) is 15.0. The van der Waals surface area contributed by atoms with Crippen LogP contribution in [-0.4, -0.2) is 70.0 Å². The fraction of sp³-hybridized carbons (Fsp3) is 0.316. The number of anilines is 1. The van der Waals surface area contributed by atoms with E-state index in [4.69, 9.17) is 23.2 Å². The first-order valence-corrected chi connectivity index (χ1v) is 18.7. The molecule has 3 aliphatic rings. The summed E-state index contributed by atoms with van der Waals surface area (Å²) in [5, 5.41) is 26.1. The van der Waals surface area contributed by atoms with Gasteiger partial charge < -0.3 is 31.7 Å². The molecule has 5 atom stereocenters. The van der Waals surface area contributed by atoms with E-state index >= 15 is 0 Å². The maximum atomic E-state index is 14.2. The minimum absolute atomic E-state index is 0.00605. The van der Waals surface area contributed by atoms with Gasteiger partial charge in [-0.05, 0) is 59.2 Å². The number of carbonyl (C=O) groups is 6. The molecule has 0 saturated heterocycles. The predicted octanol–water partition coefficient (Wildman–Crippen LogP) is 4.19. The van der Waals surface area contributed by atoms with Crippen molar-refractivity contribution in [3.8, 4) is 0 Å². The normalized spacial score (nSPS) is 23.2. The van der Waals surface area contributed by atoms with Crippen LogP contribution in [-0.2, 0) is 48.0 Å². The Morgan fingerprint density at radius 1 is 0.755 bits per heavy atom. The molecule has 3 heterocycles. The lowest BCUT2D eigenvalue weighted by atomic mass is 10.0. The molecule has 53 heavy (non-hydrogen) atoms. The number of aliphatic carboxylic acids is 1. The van der Waals surface area contributed by atoms with Crippen molar-refractivity contribution in [3.63, 3.8) is 0 Å². The van der Waals surface area contributed by atoms with E-state index in [9.17, 15) is 33.9 Å². The first-order valence-electron chi connectivity index (χ1n) is 17.0. The highest BCUT2D eigenvalue weighted by Gasteiger charge is 2.33. The van der Waals surface area contributed by atoms with Gasteiger partial charge in [0, 0.05) is 53.1 Å². The molecule has 0 fully saturated rings. The number of rotatable bonds is 7. The van der Waals surface area contributed by atoms with E-state index < -0.39 is 59.7 Å². The number of carbonyl (C=O) groups excluding carboxylic acids is 5. The van der Waals surface area contributed by atoms with E-state index in [0.717, 1.165) is 0 Å². The van der Waals surface area contributed by atoms with Gasteiger partial charge in [0.2, 0.25) is 29.5 Å². The van der Waals surface area contributed by atoms with Crippen molar-refractivity contribution in [1.82, 2.24) is 21.3 Å². The molecule has 278 valence electrons. The van der Waals surface area contributed by atoms with Crippen molar-refractivity contribution in [3.05, 3.63) is 111 Å². The first kappa shape index (κ1) is 39.4. The van der Waals surface area contributed by atoms with E-state index in [1.165, 1.54) is 17.8 Å². The minimum Gasteiger partial charge on any atom is -0.480 e. The average Bonchev–Trinajstić information content (AvgIpc) is 3.64. The molecule has 1 unspecified atom stereocenters. The Labute approximate surface area is 320 Å². The van der Waals surface area contributed by atoms with Gasteiger partial charge in [0.1, 0.15) is 24.2 Å². The van der Waals surface area contributed by atoms with Gasteiger partial charge in [-0.25, -0.2) is 4.79 Å². The van der Waals surface area contributed by atoms with Crippen molar-refractivity contribution in [2.24, 2.45) is 0 Å². The fourth-order valence-electron chi connectivity index (χ4n) is 5.95. The molecule has 0 saturated carbocycles. The van der Waals surface area contributed by atoms with Crippen LogP contribution in [0.15, 0.2) is 84.3 Å². The number of carboxylic acid groups (broad SMARTS) is 1. The maximum Gasteiger partial charge on any atom is 0.326 e. The molecule has 0 aromatic heterocycles. The van der Waals surface area contributed by atoms with Gasteiger partial charge in [-0.15, -0.1) is 11.8 Å². The predicted molar refractivity (Wildman–Crippen MR) is 203 cm³/mol. The van der Waals surface area contributed by atoms with Crippen LogP contribution in [0.2, 0.25) is 10.0 Å². The molecule has 2 bridgehead atoms. The summed E-state index contributed by atoms with van der Waals surface area (Å²) in [6.45, 7) is 0. The number of thioether (sulfide) groups is 1. The summed E-state index contributed by atoms with van der Waals surface area (Å²) in [5.41, 5.74) is 2.16. The second kappa shape index (κ2) is 18.8. The number of nitrogens with one attached hydrogen (secondary N) is 5. The van der Waals surface area contributed by atoms with Gasteiger partial charge in [0.05, 0.1) is 0 Å². The second-order valence-corrected chi connectivity index (χ2v) is 14.9. The van der Waals surface area contributed by atoms with E-state index in [1.807, 2.05) is 11.5 Å². The van der Waals surface area contributed by atoms with Crippen LogP contribution in [0.3, 0.4) is 0 Å². The highest BCUT2D eigenvalue weighted by molar-refractivity contribution is 8.03. The fourth-order valence-corrected chi connectivity index (χ4v) is 7.40. The number of amides is 5.